The molecule has 1 aliphatic heterocycles. The van der Waals surface area contributed by atoms with Gasteiger partial charge in [0.25, 0.3) is 0 Å². The van der Waals surface area contributed by atoms with Gasteiger partial charge in [0.2, 0.25) is 5.13 Å². The van der Waals surface area contributed by atoms with E-state index >= 15 is 0 Å². The molecular weight excluding hydrogens is 319 g/mol. The van der Waals surface area contributed by atoms with Crippen LogP contribution in [0.1, 0.15) is 13.8 Å². The van der Waals surface area contributed by atoms with Gasteiger partial charge in [-0.2, -0.15) is 0 Å². The van der Waals surface area contributed by atoms with E-state index < -0.39 is 0 Å². The lowest BCUT2D eigenvalue weighted by molar-refractivity contribution is 0.624. The minimum atomic E-state index is -0.188. The third-order valence-corrected chi connectivity index (χ3v) is 5.55. The van der Waals surface area contributed by atoms with E-state index in [1.54, 1.807) is 23.1 Å². The molecule has 7 heteroatoms. The van der Waals surface area contributed by atoms with E-state index in [9.17, 15) is 4.39 Å². The van der Waals surface area contributed by atoms with Gasteiger partial charge in [0.1, 0.15) is 5.82 Å². The lowest BCUT2D eigenvalue weighted by Gasteiger charge is -2.35. The first kappa shape index (κ1) is 15.6. The predicted octanol–water partition coefficient (Wildman–Crippen LogP) is 3.50. The maximum absolute atomic E-state index is 13.0. The number of halogens is 1. The molecule has 1 aliphatic rings. The summed E-state index contributed by atoms with van der Waals surface area (Å²) in [6, 6.07) is 6.71. The Bertz CT molecular complexity index is 606. The number of rotatable bonds is 4. The molecular formula is C15H19FN4S2. The van der Waals surface area contributed by atoms with Gasteiger partial charge >= 0.3 is 0 Å². The van der Waals surface area contributed by atoms with Crippen molar-refractivity contribution in [1.29, 1.82) is 0 Å². The maximum atomic E-state index is 13.0. The first-order valence-electron chi connectivity index (χ1n) is 7.37. The maximum Gasteiger partial charge on any atom is 0.209 e. The Kier molecular flexibility index (Phi) is 4.83. The smallest absolute Gasteiger partial charge is 0.209 e. The molecule has 2 aromatic rings. The van der Waals surface area contributed by atoms with Crippen LogP contribution in [-0.2, 0) is 0 Å². The van der Waals surface area contributed by atoms with E-state index in [4.69, 9.17) is 0 Å². The molecule has 0 amide bonds. The lowest BCUT2D eigenvalue weighted by Crippen LogP contribution is -2.46. The van der Waals surface area contributed by atoms with Crippen molar-refractivity contribution in [3.63, 3.8) is 0 Å². The summed E-state index contributed by atoms with van der Waals surface area (Å²) >= 11 is 3.42. The Balaban J connectivity index is 1.59. The molecule has 0 radical (unpaired) electrons. The number of hydrogen-bond donors (Lipinski definition) is 0. The molecule has 0 N–H and O–H groups in total. The average molecular weight is 338 g/mol. The largest absolute Gasteiger partial charge is 0.368 e. The Labute approximate surface area is 138 Å². The van der Waals surface area contributed by atoms with Gasteiger partial charge in [0, 0.05) is 37.1 Å². The van der Waals surface area contributed by atoms with Crippen molar-refractivity contribution in [2.75, 3.05) is 36.0 Å². The number of aromatic nitrogens is 2. The zero-order valence-electron chi connectivity index (χ0n) is 12.7. The Hall–Kier alpha value is -1.34. The van der Waals surface area contributed by atoms with E-state index in [1.165, 1.54) is 12.1 Å². The Morgan fingerprint density at radius 2 is 1.68 bits per heavy atom. The van der Waals surface area contributed by atoms with Crippen molar-refractivity contribution in [2.45, 2.75) is 23.4 Å². The van der Waals surface area contributed by atoms with Crippen molar-refractivity contribution in [3.05, 3.63) is 30.1 Å². The highest BCUT2D eigenvalue weighted by atomic mass is 32.2. The van der Waals surface area contributed by atoms with Crippen molar-refractivity contribution in [3.8, 4) is 0 Å². The fourth-order valence-corrected chi connectivity index (χ4v) is 4.50. The number of piperazine rings is 1. The Morgan fingerprint density at radius 3 is 2.32 bits per heavy atom. The normalized spacial score (nSPS) is 15.6. The number of anilines is 2. The molecule has 1 fully saturated rings. The van der Waals surface area contributed by atoms with Crippen LogP contribution in [0, 0.1) is 5.82 Å². The molecule has 118 valence electrons. The second kappa shape index (κ2) is 6.83. The van der Waals surface area contributed by atoms with Crippen LogP contribution in [-0.4, -0.2) is 41.6 Å². The van der Waals surface area contributed by atoms with Crippen LogP contribution in [0.4, 0.5) is 15.2 Å². The number of thioether (sulfide) groups is 1. The van der Waals surface area contributed by atoms with Gasteiger partial charge in [-0.15, -0.1) is 10.2 Å². The van der Waals surface area contributed by atoms with Crippen LogP contribution in [0.3, 0.4) is 0 Å². The molecule has 0 aliphatic carbocycles. The van der Waals surface area contributed by atoms with E-state index in [-0.39, 0.29) is 5.82 Å². The molecule has 1 aromatic heterocycles. The minimum absolute atomic E-state index is 0.188. The first-order chi connectivity index (χ1) is 10.6. The zero-order chi connectivity index (χ0) is 15.5. The van der Waals surface area contributed by atoms with Gasteiger partial charge in [0.05, 0.1) is 0 Å². The van der Waals surface area contributed by atoms with Crippen molar-refractivity contribution in [1.82, 2.24) is 10.2 Å². The topological polar surface area (TPSA) is 32.3 Å². The summed E-state index contributed by atoms with van der Waals surface area (Å²) in [5, 5.41) is 10.1. The van der Waals surface area contributed by atoms with Crippen molar-refractivity contribution in [2.24, 2.45) is 0 Å². The van der Waals surface area contributed by atoms with Crippen LogP contribution >= 0.6 is 23.1 Å². The van der Waals surface area contributed by atoms with Crippen LogP contribution in [0.25, 0.3) is 0 Å². The van der Waals surface area contributed by atoms with Crippen molar-refractivity contribution < 1.29 is 4.39 Å². The van der Waals surface area contributed by atoms with E-state index in [0.717, 1.165) is 41.3 Å². The molecule has 1 saturated heterocycles. The lowest BCUT2D eigenvalue weighted by atomic mass is 10.2. The zero-order valence-corrected chi connectivity index (χ0v) is 14.3. The molecule has 0 spiro atoms. The van der Waals surface area contributed by atoms with E-state index in [2.05, 4.69) is 33.8 Å². The fourth-order valence-electron chi connectivity index (χ4n) is 2.39. The predicted molar refractivity (Wildman–Crippen MR) is 91.7 cm³/mol. The highest BCUT2D eigenvalue weighted by Crippen LogP contribution is 2.31. The molecule has 22 heavy (non-hydrogen) atoms. The fraction of sp³-hybridized carbons (Fsp3) is 0.467. The summed E-state index contributed by atoms with van der Waals surface area (Å²) in [5.41, 5.74) is 1.08. The quantitative estimate of drug-likeness (QED) is 0.797. The molecule has 1 aromatic carbocycles. The highest BCUT2D eigenvalue weighted by molar-refractivity contribution is 8.01. The van der Waals surface area contributed by atoms with Gasteiger partial charge in [-0.3, -0.25) is 0 Å². The number of hydrogen-bond acceptors (Lipinski definition) is 6. The molecule has 2 heterocycles. The van der Waals surface area contributed by atoms with E-state index in [0.29, 0.717) is 5.25 Å². The number of nitrogens with zero attached hydrogens (tertiary/aromatic N) is 4. The number of benzene rings is 1. The van der Waals surface area contributed by atoms with Gasteiger partial charge < -0.3 is 9.80 Å². The molecule has 0 bridgehead atoms. The summed E-state index contributed by atoms with van der Waals surface area (Å²) in [6.45, 7) is 7.98. The molecule has 0 atom stereocenters. The first-order valence-corrected chi connectivity index (χ1v) is 9.07. The highest BCUT2D eigenvalue weighted by Gasteiger charge is 2.20. The average Bonchev–Trinajstić information content (AvgIpc) is 2.96. The molecule has 3 rings (SSSR count). The van der Waals surface area contributed by atoms with Crippen LogP contribution < -0.4 is 9.80 Å². The van der Waals surface area contributed by atoms with Gasteiger partial charge in [-0.05, 0) is 24.3 Å². The third kappa shape index (κ3) is 3.70. The SMILES string of the molecule is CC(C)Sc1nnc(N2CCN(c3ccc(F)cc3)CC2)s1. The van der Waals surface area contributed by atoms with Crippen LogP contribution in [0.5, 0.6) is 0 Å². The second-order valence-corrected chi connectivity index (χ2v) is 8.25. The second-order valence-electron chi connectivity index (χ2n) is 5.47. The third-order valence-electron chi connectivity index (χ3n) is 3.47. The van der Waals surface area contributed by atoms with Crippen LogP contribution in [0.15, 0.2) is 28.6 Å². The monoisotopic (exact) mass is 338 g/mol. The minimum Gasteiger partial charge on any atom is -0.368 e. The van der Waals surface area contributed by atoms with Gasteiger partial charge in [-0.1, -0.05) is 36.9 Å². The van der Waals surface area contributed by atoms with Crippen molar-refractivity contribution >= 4 is 33.9 Å². The molecule has 4 nitrogen and oxygen atoms in total. The summed E-state index contributed by atoms with van der Waals surface area (Å²) in [7, 11) is 0. The summed E-state index contributed by atoms with van der Waals surface area (Å²) in [4.78, 5) is 4.56. The molecule has 0 saturated carbocycles. The van der Waals surface area contributed by atoms with Gasteiger partial charge in [0.15, 0.2) is 4.34 Å². The molecule has 0 unspecified atom stereocenters. The van der Waals surface area contributed by atoms with E-state index in [1.807, 2.05) is 12.1 Å². The van der Waals surface area contributed by atoms with Gasteiger partial charge in [-0.25, -0.2) is 4.39 Å². The van der Waals surface area contributed by atoms with Crippen LogP contribution in [0.2, 0.25) is 0 Å². The summed E-state index contributed by atoms with van der Waals surface area (Å²) in [6.07, 6.45) is 0. The standard InChI is InChI=1S/C15H19FN4S2/c1-11(2)21-15-18-17-14(22-15)20-9-7-19(8-10-20)13-5-3-12(16)4-6-13/h3-6,11H,7-10H2,1-2H3. The summed E-state index contributed by atoms with van der Waals surface area (Å²) in [5.74, 6) is -0.188. The summed E-state index contributed by atoms with van der Waals surface area (Å²) < 4.78 is 14.0. The Morgan fingerprint density at radius 1 is 1.05 bits per heavy atom.